The van der Waals surface area contributed by atoms with Gasteiger partial charge in [0.05, 0.1) is 5.56 Å². The van der Waals surface area contributed by atoms with Gasteiger partial charge in [-0.05, 0) is 18.2 Å². The van der Waals surface area contributed by atoms with Crippen LogP contribution in [0, 0.1) is 5.92 Å². The molecule has 2 aromatic rings. The molecule has 2 rings (SSSR count). The maximum atomic E-state index is 12.2. The molecule has 0 aliphatic carbocycles. The molecule has 0 saturated heterocycles. The van der Waals surface area contributed by atoms with E-state index in [0.717, 1.165) is 0 Å². The maximum Gasteiger partial charge on any atom is 0.344 e. The quantitative estimate of drug-likeness (QED) is 0.530. The molecule has 0 atom stereocenters. The average Bonchev–Trinajstić information content (AvgIpc) is 2.46. The van der Waals surface area contributed by atoms with E-state index in [1.165, 1.54) is 12.1 Å². The third-order valence-electron chi connectivity index (χ3n) is 2.96. The molecule has 0 radical (unpaired) electrons. The number of esters is 1. The molecule has 0 unspecified atom stereocenters. The molecule has 4 heteroatoms. The summed E-state index contributed by atoms with van der Waals surface area (Å²) in [5.41, 5.74) is 0.567. The van der Waals surface area contributed by atoms with Crippen molar-refractivity contribution < 1.29 is 19.4 Å². The summed E-state index contributed by atoms with van der Waals surface area (Å²) in [6.45, 7) is 3.55. The molecule has 21 heavy (non-hydrogen) atoms. The summed E-state index contributed by atoms with van der Waals surface area (Å²) >= 11 is 0. The molecule has 0 bridgehead atoms. The van der Waals surface area contributed by atoms with E-state index in [-0.39, 0.29) is 28.8 Å². The van der Waals surface area contributed by atoms with E-state index in [1.54, 1.807) is 50.2 Å². The lowest BCUT2D eigenvalue weighted by atomic mass is 9.96. The van der Waals surface area contributed by atoms with Gasteiger partial charge in [0, 0.05) is 17.5 Å². The van der Waals surface area contributed by atoms with Gasteiger partial charge in [0.25, 0.3) is 0 Å². The van der Waals surface area contributed by atoms with Crippen molar-refractivity contribution >= 4 is 11.8 Å². The molecule has 2 aromatic carbocycles. The van der Waals surface area contributed by atoms with Gasteiger partial charge in [-0.15, -0.1) is 0 Å². The van der Waals surface area contributed by atoms with Crippen molar-refractivity contribution in [2.75, 3.05) is 0 Å². The molecule has 0 amide bonds. The van der Waals surface area contributed by atoms with Crippen LogP contribution in [0.4, 0.5) is 0 Å². The smallest absolute Gasteiger partial charge is 0.344 e. The number of hydrogen-bond acceptors (Lipinski definition) is 4. The van der Waals surface area contributed by atoms with Gasteiger partial charge in [0.1, 0.15) is 11.5 Å². The zero-order valence-corrected chi connectivity index (χ0v) is 11.9. The van der Waals surface area contributed by atoms with E-state index in [9.17, 15) is 14.7 Å². The van der Waals surface area contributed by atoms with Gasteiger partial charge in [0.2, 0.25) is 0 Å². The Morgan fingerprint density at radius 1 is 1.00 bits per heavy atom. The van der Waals surface area contributed by atoms with Crippen molar-refractivity contribution in [2.24, 2.45) is 5.92 Å². The maximum absolute atomic E-state index is 12.2. The van der Waals surface area contributed by atoms with Gasteiger partial charge in [0.15, 0.2) is 5.78 Å². The van der Waals surface area contributed by atoms with Crippen molar-refractivity contribution in [3.05, 3.63) is 59.7 Å². The van der Waals surface area contributed by atoms with Crippen LogP contribution in [0.3, 0.4) is 0 Å². The Bertz CT molecular complexity index is 674. The number of ether oxygens (including phenoxy) is 1. The number of carbonyl (C=O) groups excluding carboxylic acids is 2. The molecule has 1 N–H and O–H groups in total. The van der Waals surface area contributed by atoms with E-state index in [0.29, 0.717) is 5.56 Å². The van der Waals surface area contributed by atoms with Crippen LogP contribution in [0.1, 0.15) is 34.6 Å². The second kappa shape index (κ2) is 6.22. The van der Waals surface area contributed by atoms with Crippen LogP contribution in [-0.4, -0.2) is 16.9 Å². The van der Waals surface area contributed by atoms with Crippen LogP contribution in [-0.2, 0) is 0 Å². The van der Waals surface area contributed by atoms with Crippen molar-refractivity contribution in [1.29, 1.82) is 0 Å². The van der Waals surface area contributed by atoms with E-state index >= 15 is 0 Å². The first-order valence-corrected chi connectivity index (χ1v) is 6.63. The predicted molar refractivity (Wildman–Crippen MR) is 78.7 cm³/mol. The average molecular weight is 284 g/mol. The number of carbonyl (C=O) groups is 2. The highest BCUT2D eigenvalue weighted by Crippen LogP contribution is 2.21. The Kier molecular flexibility index (Phi) is 4.38. The molecule has 4 nitrogen and oxygen atoms in total. The lowest BCUT2D eigenvalue weighted by Gasteiger charge is -2.10. The van der Waals surface area contributed by atoms with Crippen molar-refractivity contribution in [3.63, 3.8) is 0 Å². The number of hydrogen-bond donors (Lipinski definition) is 1. The summed E-state index contributed by atoms with van der Waals surface area (Å²) in [6, 6.07) is 12.5. The zero-order chi connectivity index (χ0) is 15.4. The minimum Gasteiger partial charge on any atom is -0.508 e. The molecule has 0 saturated carbocycles. The van der Waals surface area contributed by atoms with E-state index in [1.807, 2.05) is 0 Å². The van der Waals surface area contributed by atoms with E-state index < -0.39 is 5.97 Å². The van der Waals surface area contributed by atoms with Crippen LogP contribution in [0.15, 0.2) is 48.5 Å². The highest BCUT2D eigenvalue weighted by Gasteiger charge is 2.20. The molecule has 108 valence electrons. The number of aromatic hydroxyl groups is 1. The van der Waals surface area contributed by atoms with Crippen LogP contribution in [0.5, 0.6) is 11.5 Å². The Balaban J connectivity index is 2.30. The second-order valence-corrected chi connectivity index (χ2v) is 4.95. The fraction of sp³-hybridized carbons (Fsp3) is 0.176. The third kappa shape index (κ3) is 3.48. The topological polar surface area (TPSA) is 63.6 Å². The summed E-state index contributed by atoms with van der Waals surface area (Å²) in [5, 5.41) is 9.37. The minimum absolute atomic E-state index is 0.00634. The Morgan fingerprint density at radius 3 is 2.29 bits per heavy atom. The number of benzene rings is 2. The minimum atomic E-state index is -0.620. The standard InChI is InChI=1S/C17H16O4/c1-11(2)16(19)14-8-3-4-9-15(14)17(20)21-13-7-5-6-12(18)10-13/h3-11,18H,1-2H3. The van der Waals surface area contributed by atoms with Crippen LogP contribution in [0.25, 0.3) is 0 Å². The van der Waals surface area contributed by atoms with Crippen LogP contribution < -0.4 is 4.74 Å². The van der Waals surface area contributed by atoms with E-state index in [2.05, 4.69) is 0 Å². The molecule has 0 fully saturated rings. The first-order valence-electron chi connectivity index (χ1n) is 6.63. The number of phenolic OH excluding ortho intramolecular Hbond substituents is 1. The van der Waals surface area contributed by atoms with Crippen molar-refractivity contribution in [2.45, 2.75) is 13.8 Å². The Morgan fingerprint density at radius 2 is 1.67 bits per heavy atom. The molecular formula is C17H16O4. The molecular weight excluding hydrogens is 268 g/mol. The summed E-state index contributed by atoms with van der Waals surface area (Å²) in [6.07, 6.45) is 0. The third-order valence-corrected chi connectivity index (χ3v) is 2.96. The SMILES string of the molecule is CC(C)C(=O)c1ccccc1C(=O)Oc1cccc(O)c1. The molecule has 0 spiro atoms. The van der Waals surface area contributed by atoms with Gasteiger partial charge in [-0.2, -0.15) is 0 Å². The molecule has 0 aliphatic heterocycles. The Hall–Kier alpha value is -2.62. The number of Topliss-reactive ketones (excluding diaryl/α,β-unsaturated/α-hetero) is 1. The molecule has 0 aliphatic rings. The Labute approximate surface area is 123 Å². The lowest BCUT2D eigenvalue weighted by molar-refractivity contribution is 0.0728. The molecule has 0 heterocycles. The predicted octanol–water partition coefficient (Wildman–Crippen LogP) is 3.45. The number of phenols is 1. The number of ketones is 1. The van der Waals surface area contributed by atoms with E-state index in [4.69, 9.17) is 4.74 Å². The van der Waals surface area contributed by atoms with Crippen LogP contribution in [0.2, 0.25) is 0 Å². The summed E-state index contributed by atoms with van der Waals surface area (Å²) in [5.74, 6) is -0.706. The largest absolute Gasteiger partial charge is 0.508 e. The summed E-state index contributed by atoms with van der Waals surface area (Å²) in [7, 11) is 0. The van der Waals surface area contributed by atoms with Gasteiger partial charge < -0.3 is 9.84 Å². The monoisotopic (exact) mass is 284 g/mol. The van der Waals surface area contributed by atoms with Gasteiger partial charge in [-0.3, -0.25) is 4.79 Å². The fourth-order valence-electron chi connectivity index (χ4n) is 1.90. The summed E-state index contributed by atoms with van der Waals surface area (Å²) < 4.78 is 5.20. The van der Waals surface area contributed by atoms with Gasteiger partial charge >= 0.3 is 5.97 Å². The fourth-order valence-corrected chi connectivity index (χ4v) is 1.90. The molecule has 0 aromatic heterocycles. The van der Waals surface area contributed by atoms with Gasteiger partial charge in [-0.25, -0.2) is 4.79 Å². The first kappa shape index (κ1) is 14.8. The highest BCUT2D eigenvalue weighted by atomic mass is 16.5. The zero-order valence-electron chi connectivity index (χ0n) is 11.9. The first-order chi connectivity index (χ1) is 9.99. The summed E-state index contributed by atoms with van der Waals surface area (Å²) in [4.78, 5) is 24.3. The highest BCUT2D eigenvalue weighted by molar-refractivity contribution is 6.07. The number of rotatable bonds is 4. The van der Waals surface area contributed by atoms with Crippen molar-refractivity contribution in [1.82, 2.24) is 0 Å². The van der Waals surface area contributed by atoms with Crippen molar-refractivity contribution in [3.8, 4) is 11.5 Å². The van der Waals surface area contributed by atoms with Gasteiger partial charge in [-0.1, -0.05) is 38.1 Å². The lowest BCUT2D eigenvalue weighted by Crippen LogP contribution is -2.16. The van der Waals surface area contributed by atoms with Crippen LogP contribution >= 0.6 is 0 Å². The normalized spacial score (nSPS) is 10.4. The second-order valence-electron chi connectivity index (χ2n) is 4.95.